The Morgan fingerprint density at radius 1 is 1.56 bits per heavy atom. The Kier molecular flexibility index (Phi) is 4.78. The van der Waals surface area contributed by atoms with Gasteiger partial charge in [0.15, 0.2) is 5.78 Å². The van der Waals surface area contributed by atoms with Gasteiger partial charge in [-0.1, -0.05) is 0 Å². The van der Waals surface area contributed by atoms with Crippen molar-refractivity contribution in [2.75, 3.05) is 13.2 Å². The summed E-state index contributed by atoms with van der Waals surface area (Å²) in [5.41, 5.74) is 0.709. The van der Waals surface area contributed by atoms with E-state index >= 15 is 0 Å². The van der Waals surface area contributed by atoms with Crippen molar-refractivity contribution in [3.8, 4) is 5.75 Å². The summed E-state index contributed by atoms with van der Waals surface area (Å²) in [6.45, 7) is 3.33. The lowest BCUT2D eigenvalue weighted by atomic mass is 10.0. The summed E-state index contributed by atoms with van der Waals surface area (Å²) in [4.78, 5) is 12.1. The highest BCUT2D eigenvalue weighted by atomic mass is 79.9. The van der Waals surface area contributed by atoms with Crippen molar-refractivity contribution in [3.05, 3.63) is 28.2 Å². The number of ether oxygens (including phenoxy) is 2. The number of hydrogen-bond donors (Lipinski definition) is 0. The zero-order chi connectivity index (χ0) is 13.0. The van der Waals surface area contributed by atoms with Crippen LogP contribution < -0.4 is 4.74 Å². The first kappa shape index (κ1) is 13.6. The Morgan fingerprint density at radius 3 is 3.00 bits per heavy atom. The van der Waals surface area contributed by atoms with Crippen LogP contribution in [-0.2, 0) is 4.74 Å². The Labute approximate surface area is 116 Å². The van der Waals surface area contributed by atoms with Crippen molar-refractivity contribution in [1.82, 2.24) is 0 Å². The Balaban J connectivity index is 2.03. The first-order valence-electron chi connectivity index (χ1n) is 6.28. The van der Waals surface area contributed by atoms with Gasteiger partial charge in [0.05, 0.1) is 17.2 Å². The standard InChI is InChI=1S/C14H17BrO3/c1-2-17-14-6-5-10(8-12(14)15)13(16)9-11-4-3-7-18-11/h5-6,8,11H,2-4,7,9H2,1H3. The van der Waals surface area contributed by atoms with Crippen LogP contribution >= 0.6 is 15.9 Å². The van der Waals surface area contributed by atoms with Gasteiger partial charge in [-0.15, -0.1) is 0 Å². The summed E-state index contributed by atoms with van der Waals surface area (Å²) in [6, 6.07) is 5.46. The Morgan fingerprint density at radius 2 is 2.39 bits per heavy atom. The van der Waals surface area contributed by atoms with Gasteiger partial charge < -0.3 is 9.47 Å². The first-order chi connectivity index (χ1) is 8.70. The summed E-state index contributed by atoms with van der Waals surface area (Å²) in [5, 5.41) is 0. The van der Waals surface area contributed by atoms with E-state index in [4.69, 9.17) is 9.47 Å². The molecule has 1 aromatic rings. The van der Waals surface area contributed by atoms with Crippen LogP contribution in [0.1, 0.15) is 36.5 Å². The highest BCUT2D eigenvalue weighted by Gasteiger charge is 2.20. The molecule has 0 bridgehead atoms. The largest absolute Gasteiger partial charge is 0.493 e. The van der Waals surface area contributed by atoms with E-state index in [2.05, 4.69) is 15.9 Å². The number of halogens is 1. The van der Waals surface area contributed by atoms with Gasteiger partial charge in [0.25, 0.3) is 0 Å². The van der Waals surface area contributed by atoms with Crippen LogP contribution in [0.5, 0.6) is 5.75 Å². The highest BCUT2D eigenvalue weighted by molar-refractivity contribution is 9.10. The number of carbonyl (C=O) groups excluding carboxylic acids is 1. The van der Waals surface area contributed by atoms with Gasteiger partial charge in [0.2, 0.25) is 0 Å². The summed E-state index contributed by atoms with van der Waals surface area (Å²) in [5.74, 6) is 0.900. The molecule has 0 N–H and O–H groups in total. The number of ketones is 1. The fraction of sp³-hybridized carbons (Fsp3) is 0.500. The van der Waals surface area contributed by atoms with Crippen LogP contribution in [0.4, 0.5) is 0 Å². The summed E-state index contributed by atoms with van der Waals surface area (Å²) in [6.07, 6.45) is 2.62. The molecule has 1 fully saturated rings. The predicted octanol–water partition coefficient (Wildman–Crippen LogP) is 3.60. The number of carbonyl (C=O) groups is 1. The molecule has 2 rings (SSSR count). The third-order valence-electron chi connectivity index (χ3n) is 2.99. The van der Waals surface area contributed by atoms with Crippen LogP contribution in [0.3, 0.4) is 0 Å². The van der Waals surface area contributed by atoms with E-state index in [1.807, 2.05) is 25.1 Å². The molecule has 1 heterocycles. The molecule has 4 heteroatoms. The average molecular weight is 313 g/mol. The van der Waals surface area contributed by atoms with Crippen molar-refractivity contribution < 1.29 is 14.3 Å². The van der Waals surface area contributed by atoms with Gasteiger partial charge in [-0.05, 0) is 53.9 Å². The van der Waals surface area contributed by atoms with Crippen LogP contribution in [0.15, 0.2) is 22.7 Å². The van der Waals surface area contributed by atoms with E-state index in [1.54, 1.807) is 0 Å². The van der Waals surface area contributed by atoms with Crippen molar-refractivity contribution in [3.63, 3.8) is 0 Å². The molecule has 1 aliphatic heterocycles. The van der Waals surface area contributed by atoms with E-state index in [1.165, 1.54) is 0 Å². The minimum absolute atomic E-state index is 0.0999. The summed E-state index contributed by atoms with van der Waals surface area (Å²) < 4.78 is 11.7. The third-order valence-corrected chi connectivity index (χ3v) is 3.61. The molecular weight excluding hydrogens is 296 g/mol. The maximum atomic E-state index is 12.1. The van der Waals surface area contributed by atoms with E-state index < -0.39 is 0 Å². The minimum Gasteiger partial charge on any atom is -0.493 e. The number of Topliss-reactive ketones (excluding diaryl/α,β-unsaturated/α-hetero) is 1. The van der Waals surface area contributed by atoms with Gasteiger partial charge in [-0.2, -0.15) is 0 Å². The number of benzene rings is 1. The third kappa shape index (κ3) is 3.33. The second-order valence-electron chi connectivity index (χ2n) is 4.34. The van der Waals surface area contributed by atoms with Crippen LogP contribution in [0.25, 0.3) is 0 Å². The molecule has 0 radical (unpaired) electrons. The molecule has 1 unspecified atom stereocenters. The molecule has 3 nitrogen and oxygen atoms in total. The average Bonchev–Trinajstić information content (AvgIpc) is 2.84. The lowest BCUT2D eigenvalue weighted by Gasteiger charge is -2.10. The maximum absolute atomic E-state index is 12.1. The van der Waals surface area contributed by atoms with E-state index in [9.17, 15) is 4.79 Å². The van der Waals surface area contributed by atoms with Crippen LogP contribution in [0, 0.1) is 0 Å². The van der Waals surface area contributed by atoms with E-state index in [0.29, 0.717) is 18.6 Å². The number of rotatable bonds is 5. The Bertz CT molecular complexity index is 425. The normalized spacial score (nSPS) is 18.9. The highest BCUT2D eigenvalue weighted by Crippen LogP contribution is 2.27. The fourth-order valence-corrected chi connectivity index (χ4v) is 2.57. The Hall–Kier alpha value is -0.870. The molecule has 98 valence electrons. The maximum Gasteiger partial charge on any atom is 0.165 e. The molecule has 0 spiro atoms. The van der Waals surface area contributed by atoms with Crippen molar-refractivity contribution in [2.24, 2.45) is 0 Å². The van der Waals surface area contributed by atoms with Crippen LogP contribution in [0.2, 0.25) is 0 Å². The van der Waals surface area contributed by atoms with Crippen molar-refractivity contribution >= 4 is 21.7 Å². The lowest BCUT2D eigenvalue weighted by Crippen LogP contribution is -2.12. The molecule has 0 aromatic heterocycles. The zero-order valence-electron chi connectivity index (χ0n) is 10.4. The first-order valence-corrected chi connectivity index (χ1v) is 7.07. The second-order valence-corrected chi connectivity index (χ2v) is 5.19. The monoisotopic (exact) mass is 312 g/mol. The molecule has 0 aliphatic carbocycles. The molecule has 0 saturated carbocycles. The molecule has 1 saturated heterocycles. The topological polar surface area (TPSA) is 35.5 Å². The fourth-order valence-electron chi connectivity index (χ4n) is 2.08. The van der Waals surface area contributed by atoms with Gasteiger partial charge in [0.1, 0.15) is 5.75 Å². The van der Waals surface area contributed by atoms with Gasteiger partial charge in [-0.25, -0.2) is 0 Å². The summed E-state index contributed by atoms with van der Waals surface area (Å²) >= 11 is 3.42. The van der Waals surface area contributed by atoms with E-state index in [0.717, 1.165) is 29.7 Å². The van der Waals surface area contributed by atoms with Crippen molar-refractivity contribution in [1.29, 1.82) is 0 Å². The second kappa shape index (κ2) is 6.34. The number of hydrogen-bond acceptors (Lipinski definition) is 3. The molecular formula is C14H17BrO3. The molecule has 0 amide bonds. The van der Waals surface area contributed by atoms with Crippen LogP contribution in [-0.4, -0.2) is 25.1 Å². The van der Waals surface area contributed by atoms with E-state index in [-0.39, 0.29) is 11.9 Å². The lowest BCUT2D eigenvalue weighted by molar-refractivity contribution is 0.0775. The summed E-state index contributed by atoms with van der Waals surface area (Å²) in [7, 11) is 0. The predicted molar refractivity (Wildman–Crippen MR) is 73.2 cm³/mol. The molecule has 1 aliphatic rings. The van der Waals surface area contributed by atoms with Gasteiger partial charge in [-0.3, -0.25) is 4.79 Å². The van der Waals surface area contributed by atoms with Gasteiger partial charge in [0, 0.05) is 18.6 Å². The quantitative estimate of drug-likeness (QED) is 0.779. The van der Waals surface area contributed by atoms with Gasteiger partial charge >= 0.3 is 0 Å². The van der Waals surface area contributed by atoms with Crippen molar-refractivity contribution in [2.45, 2.75) is 32.3 Å². The zero-order valence-corrected chi connectivity index (χ0v) is 12.0. The molecule has 1 atom stereocenters. The molecule has 1 aromatic carbocycles. The minimum atomic E-state index is 0.0999. The molecule has 18 heavy (non-hydrogen) atoms. The SMILES string of the molecule is CCOc1ccc(C(=O)CC2CCCO2)cc1Br. The smallest absolute Gasteiger partial charge is 0.165 e.